The smallest absolute Gasteiger partial charge is 0.0723 e. The van der Waals surface area contributed by atoms with Crippen molar-refractivity contribution < 1.29 is 0 Å². The summed E-state index contributed by atoms with van der Waals surface area (Å²) in [5, 5.41) is 0. The first-order valence-electron chi connectivity index (χ1n) is 13.6. The van der Waals surface area contributed by atoms with E-state index in [0.717, 1.165) is 39.0 Å². The Labute approximate surface area is 205 Å². The molecule has 1 saturated carbocycles. The number of piperidine rings is 2. The predicted octanol–water partition coefficient (Wildman–Crippen LogP) is 6.52. The molecule has 180 valence electrons. The highest BCUT2D eigenvalue weighted by atomic mass is 15.1. The molecule has 0 unspecified atom stereocenters. The molecular formula is C30H40N4. The van der Waals surface area contributed by atoms with Crippen molar-refractivity contribution in [3.05, 3.63) is 59.7 Å². The summed E-state index contributed by atoms with van der Waals surface area (Å²) in [6.45, 7) is 4.66. The van der Waals surface area contributed by atoms with Gasteiger partial charge in [0.05, 0.1) is 12.1 Å². The van der Waals surface area contributed by atoms with Gasteiger partial charge in [-0.1, -0.05) is 49.2 Å². The van der Waals surface area contributed by atoms with Crippen LogP contribution >= 0.6 is 0 Å². The van der Waals surface area contributed by atoms with Crippen LogP contribution in [0.25, 0.3) is 0 Å². The topological polar surface area (TPSA) is 31.2 Å². The Balaban J connectivity index is 1.31. The van der Waals surface area contributed by atoms with Gasteiger partial charge in [0.25, 0.3) is 0 Å². The minimum Gasteiger partial charge on any atom is -0.371 e. The Kier molecular flexibility index (Phi) is 7.95. The van der Waals surface area contributed by atoms with Gasteiger partial charge in [0.2, 0.25) is 0 Å². The van der Waals surface area contributed by atoms with Crippen LogP contribution in [0, 0.1) is 0 Å². The van der Waals surface area contributed by atoms with E-state index in [1.165, 1.54) is 73.9 Å². The van der Waals surface area contributed by atoms with Gasteiger partial charge in [-0.15, -0.1) is 0 Å². The van der Waals surface area contributed by atoms with Crippen LogP contribution in [-0.2, 0) is 0 Å². The monoisotopic (exact) mass is 456 g/mol. The molecule has 3 aliphatic rings. The molecule has 0 bridgehead atoms. The number of para-hydroxylation sites is 2. The molecule has 1 aliphatic carbocycles. The predicted molar refractivity (Wildman–Crippen MR) is 146 cm³/mol. The van der Waals surface area contributed by atoms with Gasteiger partial charge >= 0.3 is 0 Å². The normalized spacial score (nSPS) is 24.2. The summed E-state index contributed by atoms with van der Waals surface area (Å²) >= 11 is 0. The lowest BCUT2D eigenvalue weighted by molar-refractivity contribution is 0.390. The van der Waals surface area contributed by atoms with Crippen molar-refractivity contribution in [2.75, 3.05) is 36.0 Å². The third kappa shape index (κ3) is 5.71. The highest BCUT2D eigenvalue weighted by Crippen LogP contribution is 2.28. The van der Waals surface area contributed by atoms with Gasteiger partial charge < -0.3 is 9.80 Å². The second-order valence-corrected chi connectivity index (χ2v) is 10.2. The molecule has 3 fully saturated rings. The second-order valence-electron chi connectivity index (χ2n) is 10.2. The van der Waals surface area contributed by atoms with Crippen molar-refractivity contribution in [3.8, 4) is 0 Å². The number of nitrogens with zero attached hydrogens (tertiary/aromatic N) is 4. The average molecular weight is 457 g/mol. The number of benzene rings is 2. The van der Waals surface area contributed by atoms with Gasteiger partial charge in [-0.3, -0.25) is 9.98 Å². The van der Waals surface area contributed by atoms with Crippen molar-refractivity contribution in [1.29, 1.82) is 0 Å². The lowest BCUT2D eigenvalue weighted by Crippen LogP contribution is -2.30. The largest absolute Gasteiger partial charge is 0.371 e. The molecule has 2 aromatic carbocycles. The zero-order chi connectivity index (χ0) is 23.0. The lowest BCUT2D eigenvalue weighted by Gasteiger charge is -2.30. The Hall–Kier alpha value is -2.62. The molecule has 5 rings (SSSR count). The quantitative estimate of drug-likeness (QED) is 0.464. The number of hydrogen-bond donors (Lipinski definition) is 0. The molecule has 2 aromatic rings. The van der Waals surface area contributed by atoms with Gasteiger partial charge in [-0.25, -0.2) is 0 Å². The van der Waals surface area contributed by atoms with Crippen molar-refractivity contribution in [1.82, 2.24) is 0 Å². The molecule has 0 radical (unpaired) electrons. The zero-order valence-electron chi connectivity index (χ0n) is 20.6. The first-order valence-corrected chi connectivity index (χ1v) is 13.6. The molecule has 2 aliphatic heterocycles. The molecule has 0 spiro atoms. The molecule has 34 heavy (non-hydrogen) atoms. The average Bonchev–Trinajstić information content (AvgIpc) is 2.92. The van der Waals surface area contributed by atoms with E-state index in [2.05, 4.69) is 70.8 Å². The van der Waals surface area contributed by atoms with Crippen LogP contribution in [-0.4, -0.2) is 50.7 Å². The minimum absolute atomic E-state index is 0.279. The summed E-state index contributed by atoms with van der Waals surface area (Å²) in [5.74, 6) is 0. The maximum absolute atomic E-state index is 5.14. The Morgan fingerprint density at radius 2 is 0.941 bits per heavy atom. The standard InChI is InChI=1S/C30H40N4/c1-9-19-33(20-10-1)29-17-7-3-13-25(29)23-31-27-15-5-6-16-28(27)32-24-26-14-4-8-18-30(26)34-21-11-2-12-22-34/h3-4,7-8,13-14,17-18,23-24,27-28H,1-2,5-6,9-12,15-16,19-22H2/t27-,28-/m1/s1. The Morgan fingerprint density at radius 1 is 0.529 bits per heavy atom. The lowest BCUT2D eigenvalue weighted by atomic mass is 9.91. The van der Waals surface area contributed by atoms with Crippen molar-refractivity contribution in [3.63, 3.8) is 0 Å². The summed E-state index contributed by atoms with van der Waals surface area (Å²) < 4.78 is 0. The summed E-state index contributed by atoms with van der Waals surface area (Å²) in [5.41, 5.74) is 5.20. The molecule has 2 atom stereocenters. The Morgan fingerprint density at radius 3 is 1.38 bits per heavy atom. The maximum Gasteiger partial charge on any atom is 0.0723 e. The second kappa shape index (κ2) is 11.7. The molecule has 4 nitrogen and oxygen atoms in total. The molecule has 2 heterocycles. The van der Waals surface area contributed by atoms with Gasteiger partial charge in [-0.2, -0.15) is 0 Å². The highest BCUT2D eigenvalue weighted by Gasteiger charge is 2.24. The maximum atomic E-state index is 5.14. The summed E-state index contributed by atoms with van der Waals surface area (Å²) in [4.78, 5) is 15.4. The van der Waals surface area contributed by atoms with Crippen molar-refractivity contribution >= 4 is 23.8 Å². The van der Waals surface area contributed by atoms with E-state index >= 15 is 0 Å². The molecule has 0 N–H and O–H groups in total. The van der Waals surface area contributed by atoms with E-state index in [9.17, 15) is 0 Å². The van der Waals surface area contributed by atoms with Gasteiger partial charge in [0.15, 0.2) is 0 Å². The summed E-state index contributed by atoms with van der Waals surface area (Å²) in [6, 6.07) is 18.1. The van der Waals surface area contributed by atoms with Crippen LogP contribution in [0.4, 0.5) is 11.4 Å². The molecule has 0 amide bonds. The molecular weight excluding hydrogens is 416 g/mol. The zero-order valence-corrected chi connectivity index (χ0v) is 20.6. The van der Waals surface area contributed by atoms with Gasteiger partial charge in [-0.05, 0) is 63.5 Å². The van der Waals surface area contributed by atoms with Crippen LogP contribution in [0.3, 0.4) is 0 Å². The first kappa shape index (κ1) is 23.1. The van der Waals surface area contributed by atoms with Crippen LogP contribution in [0.5, 0.6) is 0 Å². The van der Waals surface area contributed by atoms with Gasteiger partial charge in [0, 0.05) is 61.1 Å². The first-order chi connectivity index (χ1) is 16.9. The third-order valence-electron chi connectivity index (χ3n) is 7.77. The fourth-order valence-electron chi connectivity index (χ4n) is 5.83. The molecule has 0 aromatic heterocycles. The van der Waals surface area contributed by atoms with E-state index in [1.807, 2.05) is 0 Å². The van der Waals surface area contributed by atoms with E-state index in [-0.39, 0.29) is 12.1 Å². The van der Waals surface area contributed by atoms with Crippen LogP contribution < -0.4 is 9.80 Å². The van der Waals surface area contributed by atoms with E-state index in [1.54, 1.807) is 0 Å². The van der Waals surface area contributed by atoms with E-state index < -0.39 is 0 Å². The van der Waals surface area contributed by atoms with E-state index in [0.29, 0.717) is 0 Å². The number of rotatable bonds is 6. The Bertz CT molecular complexity index is 890. The van der Waals surface area contributed by atoms with Crippen LogP contribution in [0.15, 0.2) is 58.5 Å². The number of aliphatic imine (C=N–C) groups is 2. The van der Waals surface area contributed by atoms with Gasteiger partial charge in [0.1, 0.15) is 0 Å². The van der Waals surface area contributed by atoms with Crippen molar-refractivity contribution in [2.45, 2.75) is 76.3 Å². The molecule has 4 heteroatoms. The fraction of sp³-hybridized carbons (Fsp3) is 0.533. The van der Waals surface area contributed by atoms with Crippen LogP contribution in [0.1, 0.15) is 75.3 Å². The minimum atomic E-state index is 0.279. The number of anilines is 2. The van der Waals surface area contributed by atoms with E-state index in [4.69, 9.17) is 9.98 Å². The fourth-order valence-corrected chi connectivity index (χ4v) is 5.83. The number of hydrogen-bond acceptors (Lipinski definition) is 4. The third-order valence-corrected chi connectivity index (χ3v) is 7.77. The van der Waals surface area contributed by atoms with Crippen LogP contribution in [0.2, 0.25) is 0 Å². The van der Waals surface area contributed by atoms with Crippen molar-refractivity contribution in [2.24, 2.45) is 9.98 Å². The SMILES string of the molecule is C(=N[C@@H]1CCCC[C@H]1N=Cc1ccccc1N1CCCCC1)c1ccccc1N1CCCCC1. The highest BCUT2D eigenvalue weighted by molar-refractivity contribution is 5.89. The molecule has 2 saturated heterocycles. The summed E-state index contributed by atoms with van der Waals surface area (Å²) in [7, 11) is 0. The summed E-state index contributed by atoms with van der Waals surface area (Å²) in [6.07, 6.45) is 17.0.